The first-order valence-electron chi connectivity index (χ1n) is 8.56. The van der Waals surface area contributed by atoms with Crippen molar-refractivity contribution < 1.29 is 38.2 Å². The molecule has 0 aliphatic carbocycles. The van der Waals surface area contributed by atoms with Gasteiger partial charge >= 0.3 is 17.6 Å². The number of nitro groups is 1. The van der Waals surface area contributed by atoms with Crippen molar-refractivity contribution in [2.45, 2.75) is 26.1 Å². The molecule has 10 nitrogen and oxygen atoms in total. The van der Waals surface area contributed by atoms with Crippen LogP contribution in [0.3, 0.4) is 0 Å². The second-order valence-corrected chi connectivity index (χ2v) is 5.98. The molecule has 0 heterocycles. The van der Waals surface area contributed by atoms with Crippen LogP contribution in [0.5, 0.6) is 11.5 Å². The predicted molar refractivity (Wildman–Crippen MR) is 102 cm³/mol. The second-order valence-electron chi connectivity index (χ2n) is 5.98. The highest BCUT2D eigenvalue weighted by Gasteiger charge is 2.29. The Morgan fingerprint density at radius 1 is 1.10 bits per heavy atom. The molecule has 0 saturated heterocycles. The average molecular weight is 411 g/mol. The minimum absolute atomic E-state index is 0.0346. The smallest absolute Gasteiger partial charge is 0.351 e. The fourth-order valence-electron chi connectivity index (χ4n) is 2.76. The van der Waals surface area contributed by atoms with Crippen LogP contribution in [0, 0.1) is 16.0 Å². The van der Waals surface area contributed by atoms with E-state index in [4.69, 9.17) is 18.9 Å². The Morgan fingerprint density at radius 3 is 2.21 bits per heavy atom. The first-order chi connectivity index (χ1) is 13.7. The first kappa shape index (κ1) is 23.9. The first-order valence-corrected chi connectivity index (χ1v) is 8.56. The van der Waals surface area contributed by atoms with Crippen molar-refractivity contribution in [3.8, 4) is 11.5 Å². The summed E-state index contributed by atoms with van der Waals surface area (Å²) in [6, 6.07) is 2.83. The lowest BCUT2D eigenvalue weighted by Gasteiger charge is -2.23. The molecular weight excluding hydrogens is 386 g/mol. The highest BCUT2D eigenvalue weighted by Crippen LogP contribution is 2.42. The molecule has 1 rings (SSSR count). The third kappa shape index (κ3) is 6.18. The zero-order valence-corrected chi connectivity index (χ0v) is 17.2. The molecule has 0 amide bonds. The largest absolute Gasteiger partial charge is 0.496 e. The Morgan fingerprint density at radius 2 is 1.76 bits per heavy atom. The molecule has 0 bridgehead atoms. The van der Waals surface area contributed by atoms with Crippen LogP contribution in [0.15, 0.2) is 24.3 Å². The average Bonchev–Trinajstić information content (AvgIpc) is 2.69. The number of methoxy groups -OCH3 is 4. The standard InChI is InChI=1S/C19H25NO9/c1-11(7-8-16(19(22)28-6)29-12(2)21)17(26-4)14-9-13(25-3)10-15(20(23)24)18(14)27-5/h7-11,16-17H,1-6H3/b8-7+/t11-,16+,17+/m0/s1. The summed E-state index contributed by atoms with van der Waals surface area (Å²) in [6.45, 7) is 2.93. The van der Waals surface area contributed by atoms with Crippen LogP contribution in [0.1, 0.15) is 25.5 Å². The molecule has 0 unspecified atom stereocenters. The second kappa shape index (κ2) is 11.0. The number of benzene rings is 1. The fraction of sp³-hybridized carbons (Fsp3) is 0.474. The van der Waals surface area contributed by atoms with Gasteiger partial charge in [0.1, 0.15) is 5.75 Å². The molecular formula is C19H25NO9. The van der Waals surface area contributed by atoms with Gasteiger partial charge in [-0.15, -0.1) is 0 Å². The Labute approximate surface area is 168 Å². The van der Waals surface area contributed by atoms with E-state index >= 15 is 0 Å². The van der Waals surface area contributed by atoms with Crippen molar-refractivity contribution in [3.05, 3.63) is 40.0 Å². The van der Waals surface area contributed by atoms with E-state index < -0.39 is 35.0 Å². The lowest BCUT2D eigenvalue weighted by Crippen LogP contribution is -2.26. The minimum atomic E-state index is -1.22. The third-order valence-electron chi connectivity index (χ3n) is 4.06. The highest BCUT2D eigenvalue weighted by atomic mass is 16.6. The van der Waals surface area contributed by atoms with Crippen LogP contribution >= 0.6 is 0 Å². The molecule has 1 aromatic carbocycles. The molecule has 3 atom stereocenters. The van der Waals surface area contributed by atoms with E-state index in [2.05, 4.69) is 4.74 Å². The number of esters is 2. The third-order valence-corrected chi connectivity index (χ3v) is 4.06. The maximum atomic E-state index is 11.8. The molecule has 0 N–H and O–H groups in total. The number of hydrogen-bond acceptors (Lipinski definition) is 9. The monoisotopic (exact) mass is 411 g/mol. The van der Waals surface area contributed by atoms with Crippen LogP contribution in [0.2, 0.25) is 0 Å². The summed E-state index contributed by atoms with van der Waals surface area (Å²) < 4.78 is 25.5. The highest BCUT2D eigenvalue weighted by molar-refractivity contribution is 5.80. The van der Waals surface area contributed by atoms with Crippen molar-refractivity contribution in [3.63, 3.8) is 0 Å². The molecule has 0 radical (unpaired) electrons. The van der Waals surface area contributed by atoms with Crippen molar-refractivity contribution in [1.29, 1.82) is 0 Å². The van der Waals surface area contributed by atoms with Gasteiger partial charge in [-0.05, 0) is 12.1 Å². The predicted octanol–water partition coefficient (Wildman–Crippen LogP) is 2.60. The number of nitro benzene ring substituents is 1. The van der Waals surface area contributed by atoms with Gasteiger partial charge in [0, 0.05) is 25.5 Å². The van der Waals surface area contributed by atoms with Gasteiger partial charge in [-0.25, -0.2) is 4.79 Å². The fourth-order valence-corrected chi connectivity index (χ4v) is 2.76. The minimum Gasteiger partial charge on any atom is -0.496 e. The molecule has 0 spiro atoms. The normalized spacial score (nSPS) is 14.0. The molecule has 160 valence electrons. The number of rotatable bonds is 10. The quantitative estimate of drug-likeness (QED) is 0.247. The number of ether oxygens (including phenoxy) is 5. The van der Waals surface area contributed by atoms with E-state index in [9.17, 15) is 19.7 Å². The number of hydrogen-bond donors (Lipinski definition) is 0. The maximum Gasteiger partial charge on any atom is 0.351 e. The summed E-state index contributed by atoms with van der Waals surface area (Å²) in [6.07, 6.45) is 1.04. The van der Waals surface area contributed by atoms with E-state index in [1.807, 2.05) is 0 Å². The van der Waals surface area contributed by atoms with Gasteiger partial charge in [0.25, 0.3) is 0 Å². The summed E-state index contributed by atoms with van der Waals surface area (Å²) in [5, 5.41) is 11.4. The summed E-state index contributed by atoms with van der Waals surface area (Å²) in [4.78, 5) is 33.8. The number of nitrogens with zero attached hydrogens (tertiary/aromatic N) is 1. The maximum absolute atomic E-state index is 11.8. The van der Waals surface area contributed by atoms with Gasteiger partial charge in [0.15, 0.2) is 0 Å². The molecule has 10 heteroatoms. The van der Waals surface area contributed by atoms with Gasteiger partial charge in [-0.2, -0.15) is 0 Å². The zero-order chi connectivity index (χ0) is 22.1. The topological polar surface area (TPSA) is 123 Å². The lowest BCUT2D eigenvalue weighted by molar-refractivity contribution is -0.385. The Kier molecular flexibility index (Phi) is 9.07. The van der Waals surface area contributed by atoms with Gasteiger partial charge in [0.05, 0.1) is 38.4 Å². The molecule has 0 aromatic heterocycles. The lowest BCUT2D eigenvalue weighted by atomic mass is 9.94. The number of carbonyl (C=O) groups is 2. The molecule has 0 aliphatic rings. The van der Waals surface area contributed by atoms with Gasteiger partial charge < -0.3 is 23.7 Å². The summed E-state index contributed by atoms with van der Waals surface area (Å²) in [5.74, 6) is -1.49. The van der Waals surface area contributed by atoms with E-state index in [1.165, 1.54) is 47.5 Å². The van der Waals surface area contributed by atoms with Crippen LogP contribution < -0.4 is 9.47 Å². The van der Waals surface area contributed by atoms with Gasteiger partial charge in [0.2, 0.25) is 11.9 Å². The Bertz CT molecular complexity index is 775. The van der Waals surface area contributed by atoms with E-state index in [1.54, 1.807) is 19.1 Å². The van der Waals surface area contributed by atoms with Crippen LogP contribution in [-0.2, 0) is 23.8 Å². The van der Waals surface area contributed by atoms with E-state index in [0.717, 1.165) is 0 Å². The van der Waals surface area contributed by atoms with Gasteiger partial charge in [-0.1, -0.05) is 13.0 Å². The van der Waals surface area contributed by atoms with Gasteiger partial charge in [-0.3, -0.25) is 14.9 Å². The Balaban J connectivity index is 3.33. The molecule has 0 fully saturated rings. The number of carbonyl (C=O) groups excluding carboxylic acids is 2. The van der Waals surface area contributed by atoms with Crippen molar-refractivity contribution in [2.24, 2.45) is 5.92 Å². The zero-order valence-electron chi connectivity index (χ0n) is 17.2. The molecule has 1 aromatic rings. The van der Waals surface area contributed by atoms with Crippen molar-refractivity contribution >= 4 is 17.6 Å². The van der Waals surface area contributed by atoms with Crippen molar-refractivity contribution in [2.75, 3.05) is 28.4 Å². The van der Waals surface area contributed by atoms with Crippen LogP contribution in [0.25, 0.3) is 0 Å². The molecule has 29 heavy (non-hydrogen) atoms. The molecule has 0 aliphatic heterocycles. The van der Waals surface area contributed by atoms with Crippen LogP contribution in [0.4, 0.5) is 5.69 Å². The summed E-state index contributed by atoms with van der Waals surface area (Å²) in [5.41, 5.74) is 0.118. The summed E-state index contributed by atoms with van der Waals surface area (Å²) >= 11 is 0. The Hall–Kier alpha value is -3.14. The van der Waals surface area contributed by atoms with Crippen molar-refractivity contribution in [1.82, 2.24) is 0 Å². The molecule has 0 saturated carbocycles. The van der Waals surface area contributed by atoms with E-state index in [-0.39, 0.29) is 17.2 Å². The SMILES string of the molecule is COC(=O)[C@@H](/C=C/[C@H](C)[C@@H](OC)c1cc(OC)cc([N+](=O)[O-])c1OC)OC(C)=O. The van der Waals surface area contributed by atoms with E-state index in [0.29, 0.717) is 5.56 Å². The van der Waals surface area contributed by atoms with Crippen LogP contribution in [-0.4, -0.2) is 51.4 Å². The summed E-state index contributed by atoms with van der Waals surface area (Å²) in [7, 11) is 5.32.